The molecular weight excluding hydrogens is 378 g/mol. The lowest BCUT2D eigenvalue weighted by molar-refractivity contribution is -0.116. The van der Waals surface area contributed by atoms with Gasteiger partial charge in [0.1, 0.15) is 5.75 Å². The number of nitrogens with one attached hydrogen (secondary N) is 1. The zero-order valence-corrected chi connectivity index (χ0v) is 16.7. The minimum Gasteiger partial charge on any atom is -0.495 e. The highest BCUT2D eigenvalue weighted by Crippen LogP contribution is 2.27. The molecule has 0 radical (unpaired) electrons. The van der Waals surface area contributed by atoms with Gasteiger partial charge < -0.3 is 20.7 Å². The number of ether oxygens (including phenoxy) is 1. The van der Waals surface area contributed by atoms with Crippen LogP contribution in [0.3, 0.4) is 0 Å². The van der Waals surface area contributed by atoms with E-state index in [0.717, 1.165) is 31.5 Å². The van der Waals surface area contributed by atoms with E-state index in [1.54, 1.807) is 18.2 Å². The van der Waals surface area contributed by atoms with Crippen molar-refractivity contribution in [2.45, 2.75) is 25.3 Å². The molecule has 2 aromatic carbocycles. The third kappa shape index (κ3) is 5.24. The van der Waals surface area contributed by atoms with E-state index in [-0.39, 0.29) is 30.6 Å². The van der Waals surface area contributed by atoms with Crippen molar-refractivity contribution in [3.63, 3.8) is 0 Å². The number of methoxy groups -OCH3 is 1. The van der Waals surface area contributed by atoms with Crippen LogP contribution in [0, 0.1) is 0 Å². The Hall–Kier alpha value is -2.57. The quantitative estimate of drug-likeness (QED) is 0.774. The maximum atomic E-state index is 12.6. The lowest BCUT2D eigenvalue weighted by atomic mass is 10.0. The van der Waals surface area contributed by atoms with Crippen LogP contribution in [0.25, 0.3) is 0 Å². The van der Waals surface area contributed by atoms with Gasteiger partial charge in [0.2, 0.25) is 5.91 Å². The van der Waals surface area contributed by atoms with Crippen molar-refractivity contribution in [2.24, 2.45) is 5.73 Å². The van der Waals surface area contributed by atoms with Crippen molar-refractivity contribution in [2.75, 3.05) is 25.5 Å². The zero-order chi connectivity index (χ0) is 19.2. The van der Waals surface area contributed by atoms with Crippen LogP contribution in [0.1, 0.15) is 41.2 Å². The van der Waals surface area contributed by atoms with Crippen molar-refractivity contribution in [1.82, 2.24) is 4.90 Å². The van der Waals surface area contributed by atoms with Gasteiger partial charge in [-0.3, -0.25) is 9.59 Å². The van der Waals surface area contributed by atoms with Gasteiger partial charge in [0.05, 0.1) is 12.8 Å². The van der Waals surface area contributed by atoms with E-state index in [1.165, 1.54) is 7.11 Å². The number of likely N-dealkylation sites (tertiary alicyclic amines) is 1. The Kier molecular flexibility index (Phi) is 7.84. The first-order valence-electron chi connectivity index (χ1n) is 9.16. The number of hydrogen-bond donors (Lipinski definition) is 2. The highest BCUT2D eigenvalue weighted by Gasteiger charge is 2.21. The van der Waals surface area contributed by atoms with E-state index in [4.69, 9.17) is 10.5 Å². The zero-order valence-electron chi connectivity index (χ0n) is 15.9. The maximum Gasteiger partial charge on any atom is 0.253 e. The van der Waals surface area contributed by atoms with Gasteiger partial charge in [-0.1, -0.05) is 30.3 Å². The predicted octanol–water partition coefficient (Wildman–Crippen LogP) is 3.38. The molecule has 1 aliphatic rings. The van der Waals surface area contributed by atoms with Gasteiger partial charge in [-0.25, -0.2) is 0 Å². The molecule has 2 amide bonds. The summed E-state index contributed by atoms with van der Waals surface area (Å²) in [5, 5.41) is 2.83. The maximum absolute atomic E-state index is 12.6. The number of halogens is 1. The molecule has 0 bridgehead atoms. The fourth-order valence-corrected chi connectivity index (χ4v) is 3.26. The average molecular weight is 404 g/mol. The van der Waals surface area contributed by atoms with Gasteiger partial charge in [0.15, 0.2) is 0 Å². The van der Waals surface area contributed by atoms with E-state index in [9.17, 15) is 9.59 Å². The van der Waals surface area contributed by atoms with Crippen molar-refractivity contribution in [3.8, 4) is 5.75 Å². The molecule has 3 N–H and O–H groups in total. The Bertz CT molecular complexity index is 808. The Labute approximate surface area is 171 Å². The second-order valence-corrected chi connectivity index (χ2v) is 6.68. The molecule has 1 heterocycles. The van der Waals surface area contributed by atoms with E-state index in [1.807, 2.05) is 35.2 Å². The first-order chi connectivity index (χ1) is 13.1. The number of hydrogen-bond acceptors (Lipinski definition) is 4. The summed E-state index contributed by atoms with van der Waals surface area (Å²) in [5.74, 6) is 0.261. The van der Waals surface area contributed by atoms with E-state index in [2.05, 4.69) is 5.32 Å². The average Bonchev–Trinajstić information content (AvgIpc) is 3.22. The van der Waals surface area contributed by atoms with Crippen LogP contribution < -0.4 is 15.8 Å². The molecule has 0 spiro atoms. The number of rotatable bonds is 6. The number of nitrogens with zero attached hydrogens (tertiary/aromatic N) is 1. The van der Waals surface area contributed by atoms with Gasteiger partial charge in [-0.15, -0.1) is 12.4 Å². The monoisotopic (exact) mass is 403 g/mol. The highest BCUT2D eigenvalue weighted by molar-refractivity contribution is 5.98. The van der Waals surface area contributed by atoms with Crippen LogP contribution in [-0.2, 0) is 4.79 Å². The van der Waals surface area contributed by atoms with Gasteiger partial charge >= 0.3 is 0 Å². The number of nitrogens with two attached hydrogens (primary N) is 1. The summed E-state index contributed by atoms with van der Waals surface area (Å²) in [4.78, 5) is 26.9. The minimum absolute atomic E-state index is 0. The molecule has 6 nitrogen and oxygen atoms in total. The van der Waals surface area contributed by atoms with Gasteiger partial charge in [-0.2, -0.15) is 0 Å². The number of anilines is 1. The van der Waals surface area contributed by atoms with Crippen LogP contribution in [0.5, 0.6) is 5.75 Å². The second-order valence-electron chi connectivity index (χ2n) is 6.68. The van der Waals surface area contributed by atoms with Gasteiger partial charge in [-0.05, 0) is 36.6 Å². The van der Waals surface area contributed by atoms with E-state index in [0.29, 0.717) is 17.0 Å². The standard InChI is InChI=1S/C21H25N3O3.ClH/c1-27-19-10-9-16(21(26)24-11-5-6-12-24)13-18(19)23-20(25)14-17(22)15-7-3-2-4-8-15;/h2-4,7-10,13,17H,5-6,11-12,14,22H2,1H3,(H,23,25);1H. The van der Waals surface area contributed by atoms with Crippen molar-refractivity contribution in [1.29, 1.82) is 0 Å². The Morgan fingerprint density at radius 2 is 1.82 bits per heavy atom. The van der Waals surface area contributed by atoms with Gasteiger partial charge in [0, 0.05) is 31.1 Å². The summed E-state index contributed by atoms with van der Waals surface area (Å²) in [6.45, 7) is 1.55. The Morgan fingerprint density at radius 3 is 2.46 bits per heavy atom. The fraction of sp³-hybridized carbons (Fsp3) is 0.333. The number of carbonyl (C=O) groups is 2. The molecule has 0 aliphatic carbocycles. The predicted molar refractivity (Wildman–Crippen MR) is 112 cm³/mol. The van der Waals surface area contributed by atoms with Crippen molar-refractivity contribution < 1.29 is 14.3 Å². The number of carbonyl (C=O) groups excluding carboxylic acids is 2. The molecule has 1 atom stereocenters. The molecule has 28 heavy (non-hydrogen) atoms. The third-order valence-electron chi connectivity index (χ3n) is 4.75. The molecule has 7 heteroatoms. The fourth-order valence-electron chi connectivity index (χ4n) is 3.26. The molecule has 1 unspecified atom stereocenters. The summed E-state index contributed by atoms with van der Waals surface area (Å²) >= 11 is 0. The van der Waals surface area contributed by atoms with Crippen molar-refractivity contribution in [3.05, 3.63) is 59.7 Å². The SMILES string of the molecule is COc1ccc(C(=O)N2CCCC2)cc1NC(=O)CC(N)c1ccccc1.Cl. The first-order valence-corrected chi connectivity index (χ1v) is 9.16. The summed E-state index contributed by atoms with van der Waals surface area (Å²) in [7, 11) is 1.53. The third-order valence-corrected chi connectivity index (χ3v) is 4.75. The number of benzene rings is 2. The van der Waals surface area contributed by atoms with Crippen LogP contribution in [0.15, 0.2) is 48.5 Å². The highest BCUT2D eigenvalue weighted by atomic mass is 35.5. The molecule has 150 valence electrons. The normalized spacial score (nSPS) is 14.1. The summed E-state index contributed by atoms with van der Waals surface area (Å²) in [5.41, 5.74) is 8.05. The van der Waals surface area contributed by atoms with E-state index >= 15 is 0 Å². The number of amides is 2. The van der Waals surface area contributed by atoms with Crippen LogP contribution in [-0.4, -0.2) is 36.9 Å². The summed E-state index contributed by atoms with van der Waals surface area (Å²) in [6.07, 6.45) is 2.20. The first kappa shape index (κ1) is 21.7. The molecule has 3 rings (SSSR count). The van der Waals surface area contributed by atoms with Crippen molar-refractivity contribution >= 4 is 29.9 Å². The summed E-state index contributed by atoms with van der Waals surface area (Å²) < 4.78 is 5.33. The molecule has 1 fully saturated rings. The van der Waals surface area contributed by atoms with E-state index < -0.39 is 6.04 Å². The minimum atomic E-state index is -0.397. The molecule has 0 saturated carbocycles. The lowest BCUT2D eigenvalue weighted by Gasteiger charge is -2.18. The largest absolute Gasteiger partial charge is 0.495 e. The molecule has 1 saturated heterocycles. The molecular formula is C21H26ClN3O3. The lowest BCUT2D eigenvalue weighted by Crippen LogP contribution is -2.27. The molecule has 1 aliphatic heterocycles. The van der Waals surface area contributed by atoms with Crippen LogP contribution >= 0.6 is 12.4 Å². The Balaban J connectivity index is 0.00000280. The van der Waals surface area contributed by atoms with Crippen LogP contribution in [0.4, 0.5) is 5.69 Å². The van der Waals surface area contributed by atoms with Crippen LogP contribution in [0.2, 0.25) is 0 Å². The van der Waals surface area contributed by atoms with Gasteiger partial charge in [0.25, 0.3) is 5.91 Å². The Morgan fingerprint density at radius 1 is 1.14 bits per heavy atom. The smallest absolute Gasteiger partial charge is 0.253 e. The molecule has 2 aromatic rings. The topological polar surface area (TPSA) is 84.7 Å². The summed E-state index contributed by atoms with van der Waals surface area (Å²) in [6, 6.07) is 14.2. The molecule has 0 aromatic heterocycles. The second kappa shape index (κ2) is 10.1.